The quantitative estimate of drug-likeness (QED) is 0.688. The van der Waals surface area contributed by atoms with Gasteiger partial charge in [0.1, 0.15) is 17.7 Å². The van der Waals surface area contributed by atoms with Gasteiger partial charge in [0.15, 0.2) is 11.7 Å². The Hall–Kier alpha value is -2.93. The molecule has 0 aliphatic heterocycles. The second kappa shape index (κ2) is 7.76. The molecule has 2 heterocycles. The van der Waals surface area contributed by atoms with Crippen molar-refractivity contribution in [3.63, 3.8) is 0 Å². The van der Waals surface area contributed by atoms with E-state index in [1.807, 2.05) is 0 Å². The number of aryl methyl sites for hydroxylation is 1. The standard InChI is InChI=1S/C18H17FN2O4/c19-13-5-3-12(4-6-13)16-11-21-18(25-16)8-7-17(23)20-10-14(22)15-2-1-9-24-15/h1-6,9,11,14,22H,7-8,10H2,(H,20,23). The van der Waals surface area contributed by atoms with E-state index in [0.717, 1.165) is 0 Å². The van der Waals surface area contributed by atoms with Crippen molar-refractivity contribution in [2.24, 2.45) is 0 Å². The number of carbonyl (C=O) groups excluding carboxylic acids is 1. The van der Waals surface area contributed by atoms with Crippen LogP contribution in [0, 0.1) is 5.82 Å². The van der Waals surface area contributed by atoms with Crippen molar-refractivity contribution >= 4 is 5.91 Å². The van der Waals surface area contributed by atoms with Crippen molar-refractivity contribution in [3.05, 3.63) is 66.3 Å². The summed E-state index contributed by atoms with van der Waals surface area (Å²) in [5.74, 6) is 0.783. The number of benzene rings is 1. The normalized spacial score (nSPS) is 12.1. The summed E-state index contributed by atoms with van der Waals surface area (Å²) < 4.78 is 23.5. The molecule has 3 aromatic rings. The Morgan fingerprint density at radius 3 is 2.80 bits per heavy atom. The largest absolute Gasteiger partial charge is 0.467 e. The van der Waals surface area contributed by atoms with E-state index in [0.29, 0.717) is 29.4 Å². The van der Waals surface area contributed by atoms with Gasteiger partial charge in [0.05, 0.1) is 19.0 Å². The summed E-state index contributed by atoms with van der Waals surface area (Å²) in [6.07, 6.45) is 2.62. The number of nitrogens with zero attached hydrogens (tertiary/aromatic N) is 1. The molecule has 1 atom stereocenters. The molecule has 0 spiro atoms. The Morgan fingerprint density at radius 1 is 1.28 bits per heavy atom. The molecule has 0 bridgehead atoms. The van der Waals surface area contributed by atoms with E-state index in [1.165, 1.54) is 18.4 Å². The average molecular weight is 344 g/mol. The van der Waals surface area contributed by atoms with Gasteiger partial charge in [0.2, 0.25) is 5.91 Å². The van der Waals surface area contributed by atoms with E-state index >= 15 is 0 Å². The first-order valence-corrected chi connectivity index (χ1v) is 7.80. The van der Waals surface area contributed by atoms with Crippen LogP contribution in [0.1, 0.15) is 24.2 Å². The molecule has 0 radical (unpaired) electrons. The lowest BCUT2D eigenvalue weighted by molar-refractivity contribution is -0.121. The number of aliphatic hydroxyl groups is 1. The van der Waals surface area contributed by atoms with Crippen LogP contribution in [0.3, 0.4) is 0 Å². The van der Waals surface area contributed by atoms with Crippen LogP contribution < -0.4 is 5.32 Å². The number of rotatable bonds is 7. The minimum absolute atomic E-state index is 0.0682. The van der Waals surface area contributed by atoms with E-state index in [4.69, 9.17) is 8.83 Å². The molecular formula is C18H17FN2O4. The third-order valence-corrected chi connectivity index (χ3v) is 3.61. The third kappa shape index (κ3) is 4.54. The van der Waals surface area contributed by atoms with Gasteiger partial charge in [0.25, 0.3) is 0 Å². The molecule has 1 aromatic carbocycles. The van der Waals surface area contributed by atoms with Gasteiger partial charge in [-0.25, -0.2) is 9.37 Å². The molecule has 0 saturated heterocycles. The Labute approximate surface area is 143 Å². The van der Waals surface area contributed by atoms with Crippen molar-refractivity contribution in [3.8, 4) is 11.3 Å². The number of carbonyl (C=O) groups is 1. The van der Waals surface area contributed by atoms with Crippen LogP contribution in [-0.2, 0) is 11.2 Å². The lowest BCUT2D eigenvalue weighted by atomic mass is 10.2. The zero-order valence-electron chi connectivity index (χ0n) is 13.3. The van der Waals surface area contributed by atoms with Crippen LogP contribution >= 0.6 is 0 Å². The molecule has 6 nitrogen and oxygen atoms in total. The Kier molecular flexibility index (Phi) is 5.25. The zero-order valence-corrected chi connectivity index (χ0v) is 13.3. The fourth-order valence-corrected chi connectivity index (χ4v) is 2.27. The average Bonchev–Trinajstić information content (AvgIpc) is 3.30. The van der Waals surface area contributed by atoms with Gasteiger partial charge in [-0.05, 0) is 36.4 Å². The number of hydrogen-bond donors (Lipinski definition) is 2. The fourth-order valence-electron chi connectivity index (χ4n) is 2.27. The number of furan rings is 1. The maximum absolute atomic E-state index is 12.9. The minimum atomic E-state index is -0.884. The molecular weight excluding hydrogens is 327 g/mol. The van der Waals surface area contributed by atoms with Gasteiger partial charge in [-0.1, -0.05) is 0 Å². The number of nitrogens with one attached hydrogen (secondary N) is 1. The molecule has 130 valence electrons. The molecule has 2 N–H and O–H groups in total. The summed E-state index contributed by atoms with van der Waals surface area (Å²) in [6, 6.07) is 9.19. The van der Waals surface area contributed by atoms with E-state index < -0.39 is 6.10 Å². The Bertz CT molecular complexity index is 812. The van der Waals surface area contributed by atoms with Crippen molar-refractivity contribution < 1.29 is 23.1 Å². The smallest absolute Gasteiger partial charge is 0.220 e. The van der Waals surface area contributed by atoms with Gasteiger partial charge in [-0.15, -0.1) is 0 Å². The first-order chi connectivity index (χ1) is 12.1. The summed E-state index contributed by atoms with van der Waals surface area (Å²) in [4.78, 5) is 16.0. The first kappa shape index (κ1) is 16.9. The number of aromatic nitrogens is 1. The van der Waals surface area contributed by atoms with E-state index in [9.17, 15) is 14.3 Å². The highest BCUT2D eigenvalue weighted by atomic mass is 19.1. The molecule has 1 unspecified atom stereocenters. The second-order valence-electron chi connectivity index (χ2n) is 5.46. The molecule has 0 saturated carbocycles. The molecule has 0 aliphatic rings. The summed E-state index contributed by atoms with van der Waals surface area (Å²) in [6.45, 7) is 0.0682. The summed E-state index contributed by atoms with van der Waals surface area (Å²) >= 11 is 0. The lowest BCUT2D eigenvalue weighted by Gasteiger charge is -2.09. The maximum atomic E-state index is 12.9. The number of halogens is 1. The summed E-state index contributed by atoms with van der Waals surface area (Å²) in [5, 5.41) is 12.5. The molecule has 0 fully saturated rings. The molecule has 7 heteroatoms. The van der Waals surface area contributed by atoms with Crippen molar-refractivity contribution in [2.45, 2.75) is 18.9 Å². The van der Waals surface area contributed by atoms with E-state index in [1.54, 1.807) is 30.5 Å². The molecule has 0 aliphatic carbocycles. The number of oxazole rings is 1. The van der Waals surface area contributed by atoms with Crippen molar-refractivity contribution in [1.29, 1.82) is 0 Å². The maximum Gasteiger partial charge on any atom is 0.220 e. The number of hydrogen-bond acceptors (Lipinski definition) is 5. The predicted octanol–water partition coefficient (Wildman–Crippen LogP) is 2.86. The third-order valence-electron chi connectivity index (χ3n) is 3.61. The van der Waals surface area contributed by atoms with Crippen LogP contribution in [0.25, 0.3) is 11.3 Å². The van der Waals surface area contributed by atoms with Gasteiger partial charge in [-0.3, -0.25) is 4.79 Å². The van der Waals surface area contributed by atoms with E-state index in [-0.39, 0.29) is 24.7 Å². The lowest BCUT2D eigenvalue weighted by Crippen LogP contribution is -2.28. The molecule has 1 amide bonds. The molecule has 2 aromatic heterocycles. The van der Waals surface area contributed by atoms with Gasteiger partial charge in [0, 0.05) is 18.4 Å². The van der Waals surface area contributed by atoms with Gasteiger partial charge < -0.3 is 19.3 Å². The van der Waals surface area contributed by atoms with Crippen LogP contribution in [-0.4, -0.2) is 22.5 Å². The van der Waals surface area contributed by atoms with Crippen LogP contribution in [0.15, 0.2) is 57.7 Å². The van der Waals surface area contributed by atoms with Crippen molar-refractivity contribution in [2.75, 3.05) is 6.54 Å². The topological polar surface area (TPSA) is 88.5 Å². The summed E-state index contributed by atoms with van der Waals surface area (Å²) in [5.41, 5.74) is 0.714. The SMILES string of the molecule is O=C(CCc1ncc(-c2ccc(F)cc2)o1)NCC(O)c1ccco1. The zero-order chi connectivity index (χ0) is 17.6. The summed E-state index contributed by atoms with van der Waals surface area (Å²) in [7, 11) is 0. The number of aliphatic hydroxyl groups excluding tert-OH is 1. The molecule has 3 rings (SSSR count). The highest BCUT2D eigenvalue weighted by Gasteiger charge is 2.13. The fraction of sp³-hybridized carbons (Fsp3) is 0.222. The monoisotopic (exact) mass is 344 g/mol. The van der Waals surface area contributed by atoms with Crippen LogP contribution in [0.2, 0.25) is 0 Å². The Balaban J connectivity index is 1.47. The molecule has 25 heavy (non-hydrogen) atoms. The van der Waals surface area contributed by atoms with E-state index in [2.05, 4.69) is 10.3 Å². The Morgan fingerprint density at radius 2 is 2.08 bits per heavy atom. The van der Waals surface area contributed by atoms with Gasteiger partial charge >= 0.3 is 0 Å². The van der Waals surface area contributed by atoms with Crippen LogP contribution in [0.4, 0.5) is 4.39 Å². The highest BCUT2D eigenvalue weighted by molar-refractivity contribution is 5.76. The van der Waals surface area contributed by atoms with Gasteiger partial charge in [-0.2, -0.15) is 0 Å². The van der Waals surface area contributed by atoms with Crippen molar-refractivity contribution in [1.82, 2.24) is 10.3 Å². The second-order valence-corrected chi connectivity index (χ2v) is 5.46. The number of amides is 1. The first-order valence-electron chi connectivity index (χ1n) is 7.80. The van der Waals surface area contributed by atoms with Crippen LogP contribution in [0.5, 0.6) is 0 Å². The minimum Gasteiger partial charge on any atom is -0.467 e. The highest BCUT2D eigenvalue weighted by Crippen LogP contribution is 2.21. The predicted molar refractivity (Wildman–Crippen MR) is 86.9 cm³/mol.